The van der Waals surface area contributed by atoms with E-state index in [9.17, 15) is 43.5 Å². The van der Waals surface area contributed by atoms with Crippen molar-refractivity contribution in [2.45, 2.75) is 162 Å². The van der Waals surface area contributed by atoms with Gasteiger partial charge in [-0.15, -0.1) is 0 Å². The topological polar surface area (TPSA) is 212 Å². The monoisotopic (exact) mass is 939 g/mol. The van der Waals surface area contributed by atoms with Gasteiger partial charge in [-0.1, -0.05) is 91.6 Å². The fourth-order valence-corrected chi connectivity index (χ4v) is 9.58. The number of likely N-dealkylation sites (N-methyl/N-ethyl adjacent to an activating group) is 2. The maximum absolute atomic E-state index is 14.6. The summed E-state index contributed by atoms with van der Waals surface area (Å²) in [6.45, 7) is 15.2. The van der Waals surface area contributed by atoms with Gasteiger partial charge in [0, 0.05) is 65.9 Å². The number of methoxy groups -OCH3 is 2. The van der Waals surface area contributed by atoms with Gasteiger partial charge in [0.2, 0.25) is 29.5 Å². The minimum absolute atomic E-state index is 0.0914. The molecule has 2 heterocycles. The van der Waals surface area contributed by atoms with Crippen LogP contribution in [-0.4, -0.2) is 155 Å². The maximum atomic E-state index is 14.6. The highest BCUT2D eigenvalue weighted by molar-refractivity contribution is 6.12. The number of ether oxygens (including phenoxy) is 2. The number of likely N-dealkylation sites (tertiary alicyclic amines) is 1. The van der Waals surface area contributed by atoms with Crippen LogP contribution in [-0.2, 0) is 54.3 Å². The first-order chi connectivity index (χ1) is 31.6. The highest BCUT2D eigenvalue weighted by Gasteiger charge is 2.46. The Balaban J connectivity index is 1.74. The van der Waals surface area contributed by atoms with Gasteiger partial charge in [0.25, 0.3) is 11.8 Å². The molecule has 1 unspecified atom stereocenters. The lowest BCUT2D eigenvalue weighted by Gasteiger charge is -2.41. The summed E-state index contributed by atoms with van der Waals surface area (Å²) in [7, 11) is 6.22. The number of rotatable bonds is 27. The number of amides is 7. The van der Waals surface area contributed by atoms with E-state index in [1.54, 1.807) is 55.1 Å². The maximum Gasteiger partial charge on any atom is 0.326 e. The molecule has 0 bridgehead atoms. The number of unbranched alkanes of at least 4 members (excludes halogenated alkanes) is 2. The number of carbonyl (C=O) groups excluding carboxylic acids is 7. The molecule has 1 aromatic carbocycles. The second kappa shape index (κ2) is 26.4. The molecule has 0 saturated carbocycles. The third-order valence-electron chi connectivity index (χ3n) is 13.7. The number of imide groups is 1. The molecule has 3 rings (SSSR count). The number of carbonyl (C=O) groups is 8. The van der Waals surface area contributed by atoms with E-state index in [4.69, 9.17) is 9.47 Å². The Bertz CT molecular complexity index is 1870. The van der Waals surface area contributed by atoms with E-state index in [1.165, 1.54) is 36.2 Å². The van der Waals surface area contributed by atoms with Crippen molar-refractivity contribution in [2.24, 2.45) is 23.7 Å². The van der Waals surface area contributed by atoms with Gasteiger partial charge in [-0.05, 0) is 55.9 Å². The summed E-state index contributed by atoms with van der Waals surface area (Å²) < 4.78 is 12.0. The average molecular weight is 939 g/mol. The van der Waals surface area contributed by atoms with Crippen LogP contribution in [0.5, 0.6) is 0 Å². The highest BCUT2D eigenvalue weighted by atomic mass is 16.5. The molecule has 1 aromatic rings. The number of hydrogen-bond donors (Lipinski definition) is 3. The Kier molecular flexibility index (Phi) is 22.1. The van der Waals surface area contributed by atoms with E-state index >= 15 is 0 Å². The Labute approximate surface area is 397 Å². The summed E-state index contributed by atoms with van der Waals surface area (Å²) in [4.78, 5) is 112. The van der Waals surface area contributed by atoms with Crippen molar-refractivity contribution in [1.82, 2.24) is 30.2 Å². The molecule has 17 nitrogen and oxygen atoms in total. The van der Waals surface area contributed by atoms with Gasteiger partial charge in [0.1, 0.15) is 18.1 Å². The minimum atomic E-state index is -1.17. The van der Waals surface area contributed by atoms with Crippen LogP contribution in [0.15, 0.2) is 42.5 Å². The molecule has 0 aromatic heterocycles. The van der Waals surface area contributed by atoms with Crippen molar-refractivity contribution < 1.29 is 52.9 Å². The first-order valence-corrected chi connectivity index (χ1v) is 23.9. The molecule has 1 saturated heterocycles. The van der Waals surface area contributed by atoms with E-state index < -0.39 is 66.1 Å². The number of aliphatic carboxylic acids is 1. The second-order valence-corrected chi connectivity index (χ2v) is 19.1. The fraction of sp³-hybridized carbons (Fsp3) is 0.680. The molecule has 0 aliphatic carbocycles. The van der Waals surface area contributed by atoms with Crippen molar-refractivity contribution >= 4 is 47.3 Å². The molecular weight excluding hydrogens is 861 g/mol. The van der Waals surface area contributed by atoms with Gasteiger partial charge in [-0.25, -0.2) is 4.79 Å². The van der Waals surface area contributed by atoms with Gasteiger partial charge in [0.15, 0.2) is 0 Å². The lowest BCUT2D eigenvalue weighted by Crippen LogP contribution is -2.60. The molecule has 0 spiro atoms. The van der Waals surface area contributed by atoms with Gasteiger partial charge >= 0.3 is 5.97 Å². The highest BCUT2D eigenvalue weighted by Crippen LogP contribution is 2.33. The molecule has 374 valence electrons. The molecule has 67 heavy (non-hydrogen) atoms. The first kappa shape index (κ1) is 56.2. The average Bonchev–Trinajstić information content (AvgIpc) is 3.83. The Morgan fingerprint density at radius 1 is 0.821 bits per heavy atom. The summed E-state index contributed by atoms with van der Waals surface area (Å²) in [6.07, 6.45) is 4.64. The summed E-state index contributed by atoms with van der Waals surface area (Å²) >= 11 is 0. The molecule has 2 aliphatic rings. The number of carboxylic acids is 1. The van der Waals surface area contributed by atoms with E-state index in [0.29, 0.717) is 38.5 Å². The zero-order valence-corrected chi connectivity index (χ0v) is 41.9. The Hall–Kier alpha value is -5.16. The molecule has 3 N–H and O–H groups in total. The Morgan fingerprint density at radius 2 is 1.45 bits per heavy atom. The van der Waals surface area contributed by atoms with E-state index in [-0.39, 0.29) is 79.1 Å². The minimum Gasteiger partial charge on any atom is -0.480 e. The third-order valence-corrected chi connectivity index (χ3v) is 13.7. The number of benzene rings is 1. The number of hydrogen-bond acceptors (Lipinski definition) is 10. The molecule has 1 fully saturated rings. The molecule has 2 aliphatic heterocycles. The molecule has 17 heteroatoms. The van der Waals surface area contributed by atoms with Crippen molar-refractivity contribution in [3.8, 4) is 0 Å². The number of carboxylic acid groups (broad SMARTS) is 1. The van der Waals surface area contributed by atoms with Crippen LogP contribution in [0.4, 0.5) is 0 Å². The van der Waals surface area contributed by atoms with Crippen LogP contribution in [0, 0.1) is 23.7 Å². The zero-order chi connectivity index (χ0) is 50.3. The normalized spacial score (nSPS) is 19.7. The van der Waals surface area contributed by atoms with Crippen molar-refractivity contribution in [3.05, 3.63) is 48.0 Å². The van der Waals surface area contributed by atoms with Crippen LogP contribution >= 0.6 is 0 Å². The lowest BCUT2D eigenvalue weighted by molar-refractivity contribution is -0.150. The van der Waals surface area contributed by atoms with Gasteiger partial charge in [0.05, 0.1) is 36.6 Å². The smallest absolute Gasteiger partial charge is 0.326 e. The first-order valence-electron chi connectivity index (χ1n) is 23.9. The van der Waals surface area contributed by atoms with Crippen LogP contribution in [0.2, 0.25) is 0 Å². The standard InChI is InChI=1S/C50H78N6O11/c1-13-32(6)45(54(10)49(63)43(30(2)3)52-48(62)44(31(4)5)53(9)39(57)22-18-15-19-27-55-40(58)25-26-41(55)59)38(66-11)29-42(60)56-33(7)23-24-37(56)46(67-12)34(8)47(61)51-36(50(64)65)28-35-20-16-14-17-21-35/h14,16-17,20-21,25-26,30-34,36-38,43-46H,13,15,18-19,22-24,27-29H2,1-12H3,(H,51,61)(H,52,62)(H,64,65)/t32-,33-,34+,36?,37-,38+,43-,44-,45-,46+/m0/s1. The van der Waals surface area contributed by atoms with Crippen molar-refractivity contribution in [1.29, 1.82) is 0 Å². The number of nitrogens with zero attached hydrogens (tertiary/aromatic N) is 4. The number of nitrogens with one attached hydrogen (secondary N) is 2. The molecular formula is C50H78N6O11. The zero-order valence-electron chi connectivity index (χ0n) is 41.9. The predicted octanol–water partition coefficient (Wildman–Crippen LogP) is 4.22. The van der Waals surface area contributed by atoms with Crippen LogP contribution < -0.4 is 10.6 Å². The SMILES string of the molecule is CC[C@H](C)[C@@H]([C@@H](CC(=O)N1[C@@H](C)CC[C@H]1[C@H](OC)[C@@H](C)C(=O)NC(Cc1ccccc1)C(=O)O)OC)N(C)C(=O)[C@@H](NC(=O)[C@H](C(C)C)N(C)C(=O)CCCCCN1C(=O)C=CC1=O)C(C)C. The summed E-state index contributed by atoms with van der Waals surface area (Å²) in [6, 6.07) is 4.73. The van der Waals surface area contributed by atoms with Crippen molar-refractivity contribution in [3.63, 3.8) is 0 Å². The lowest BCUT2D eigenvalue weighted by atomic mass is 9.89. The summed E-state index contributed by atoms with van der Waals surface area (Å²) in [5.41, 5.74) is 0.761. The van der Waals surface area contributed by atoms with Crippen LogP contribution in [0.1, 0.15) is 112 Å². The quantitative estimate of drug-likeness (QED) is 0.0840. The van der Waals surface area contributed by atoms with Crippen LogP contribution in [0.25, 0.3) is 0 Å². The largest absolute Gasteiger partial charge is 0.480 e. The molecule has 10 atom stereocenters. The summed E-state index contributed by atoms with van der Waals surface area (Å²) in [5, 5.41) is 15.6. The third kappa shape index (κ3) is 14.9. The summed E-state index contributed by atoms with van der Waals surface area (Å²) in [5.74, 6) is -5.28. The van der Waals surface area contributed by atoms with E-state index in [0.717, 1.165) is 5.56 Å². The second-order valence-electron chi connectivity index (χ2n) is 19.1. The van der Waals surface area contributed by atoms with E-state index in [1.807, 2.05) is 54.5 Å². The van der Waals surface area contributed by atoms with E-state index in [2.05, 4.69) is 10.6 Å². The van der Waals surface area contributed by atoms with Crippen LogP contribution in [0.3, 0.4) is 0 Å². The predicted molar refractivity (Wildman–Crippen MR) is 253 cm³/mol. The molecule has 7 amide bonds. The Morgan fingerprint density at radius 3 is 1.99 bits per heavy atom. The molecule has 0 radical (unpaired) electrons. The fourth-order valence-electron chi connectivity index (χ4n) is 9.58. The van der Waals surface area contributed by atoms with Crippen molar-refractivity contribution in [2.75, 3.05) is 34.9 Å². The van der Waals surface area contributed by atoms with Gasteiger partial charge < -0.3 is 39.9 Å². The van der Waals surface area contributed by atoms with Gasteiger partial charge in [-0.3, -0.25) is 38.5 Å². The van der Waals surface area contributed by atoms with Gasteiger partial charge in [-0.2, -0.15) is 0 Å².